The van der Waals surface area contributed by atoms with E-state index in [9.17, 15) is 4.79 Å². The number of aromatic amines is 1. The van der Waals surface area contributed by atoms with Crippen LogP contribution in [0.4, 0.5) is 4.79 Å². The lowest BCUT2D eigenvalue weighted by Gasteiger charge is -2.27. The van der Waals surface area contributed by atoms with E-state index in [4.69, 9.17) is 4.52 Å². The number of hydrogen-bond donors (Lipinski definition) is 2. The Morgan fingerprint density at radius 3 is 2.83 bits per heavy atom. The zero-order valence-electron chi connectivity index (χ0n) is 14.6. The van der Waals surface area contributed by atoms with Crippen molar-refractivity contribution in [3.05, 3.63) is 28.7 Å². The highest BCUT2D eigenvalue weighted by atomic mass is 16.5. The highest BCUT2D eigenvalue weighted by Gasteiger charge is 2.34. The summed E-state index contributed by atoms with van der Waals surface area (Å²) in [6.45, 7) is 8.45. The molecule has 0 saturated carbocycles. The zero-order chi connectivity index (χ0) is 17.3. The maximum Gasteiger partial charge on any atom is 0.318 e. The summed E-state index contributed by atoms with van der Waals surface area (Å²) in [4.78, 5) is 18.9. The predicted molar refractivity (Wildman–Crippen MR) is 87.3 cm³/mol. The van der Waals surface area contributed by atoms with Crippen molar-refractivity contribution in [2.24, 2.45) is 0 Å². The molecule has 1 aliphatic heterocycles. The van der Waals surface area contributed by atoms with E-state index in [0.29, 0.717) is 18.1 Å². The van der Waals surface area contributed by atoms with Gasteiger partial charge in [-0.3, -0.25) is 5.10 Å². The van der Waals surface area contributed by atoms with Gasteiger partial charge in [0.2, 0.25) is 5.89 Å². The first-order valence-corrected chi connectivity index (χ1v) is 8.40. The summed E-state index contributed by atoms with van der Waals surface area (Å²) in [5.74, 6) is 1.02. The first kappa shape index (κ1) is 16.5. The maximum atomic E-state index is 12.8. The standard InChI is InChI=1S/C16H24N6O2/c1-5-12(15-17-11(4)24-21-15)18-16(23)22-8-6-7-13(22)14-9(2)19-20-10(14)3/h12-13H,5-8H2,1-4H3,(H,18,23)(H,19,20)/t12-,13+/m0/s1. The first-order valence-electron chi connectivity index (χ1n) is 8.40. The predicted octanol–water partition coefficient (Wildman–Crippen LogP) is 2.72. The number of aryl methyl sites for hydroxylation is 3. The van der Waals surface area contributed by atoms with E-state index in [-0.39, 0.29) is 18.1 Å². The molecule has 130 valence electrons. The van der Waals surface area contributed by atoms with Crippen LogP contribution in [0.25, 0.3) is 0 Å². The van der Waals surface area contributed by atoms with Crippen molar-refractivity contribution < 1.29 is 9.32 Å². The average molecular weight is 332 g/mol. The number of carbonyl (C=O) groups excluding carboxylic acids is 1. The Balaban J connectivity index is 1.76. The number of amides is 2. The molecule has 2 N–H and O–H groups in total. The molecule has 1 saturated heterocycles. The molecule has 2 atom stereocenters. The van der Waals surface area contributed by atoms with Gasteiger partial charge in [-0.15, -0.1) is 0 Å². The van der Waals surface area contributed by atoms with Gasteiger partial charge in [0.15, 0.2) is 5.82 Å². The lowest BCUT2D eigenvalue weighted by Crippen LogP contribution is -2.41. The molecule has 1 fully saturated rings. The molecule has 2 aromatic heterocycles. The summed E-state index contributed by atoms with van der Waals surface area (Å²) in [6, 6.07) is -0.275. The molecule has 0 bridgehead atoms. The summed E-state index contributed by atoms with van der Waals surface area (Å²) in [6.07, 6.45) is 2.64. The molecule has 3 heterocycles. The highest BCUT2D eigenvalue weighted by Crippen LogP contribution is 2.35. The summed E-state index contributed by atoms with van der Waals surface area (Å²) >= 11 is 0. The Morgan fingerprint density at radius 2 is 2.25 bits per heavy atom. The SMILES string of the molecule is CC[C@H](NC(=O)N1CCC[C@@H]1c1c(C)n[nH]c1C)c1noc(C)n1. The van der Waals surface area contributed by atoms with E-state index >= 15 is 0 Å². The van der Waals surface area contributed by atoms with Crippen molar-refractivity contribution in [3.8, 4) is 0 Å². The van der Waals surface area contributed by atoms with Crippen molar-refractivity contribution in [2.75, 3.05) is 6.54 Å². The number of H-pyrrole nitrogens is 1. The number of urea groups is 1. The van der Waals surface area contributed by atoms with Gasteiger partial charge in [0.1, 0.15) is 0 Å². The van der Waals surface area contributed by atoms with Crippen LogP contribution in [0.2, 0.25) is 0 Å². The van der Waals surface area contributed by atoms with Gasteiger partial charge in [-0.2, -0.15) is 10.1 Å². The molecular weight excluding hydrogens is 308 g/mol. The van der Waals surface area contributed by atoms with Gasteiger partial charge in [-0.1, -0.05) is 12.1 Å². The van der Waals surface area contributed by atoms with E-state index in [1.165, 1.54) is 0 Å². The number of carbonyl (C=O) groups is 1. The second-order valence-electron chi connectivity index (χ2n) is 6.28. The van der Waals surface area contributed by atoms with Crippen LogP contribution in [0.1, 0.15) is 66.9 Å². The smallest absolute Gasteiger partial charge is 0.318 e. The molecule has 0 unspecified atom stereocenters. The molecule has 0 radical (unpaired) electrons. The minimum atomic E-state index is -0.247. The third-order valence-corrected chi connectivity index (χ3v) is 4.59. The minimum absolute atomic E-state index is 0.0632. The van der Waals surface area contributed by atoms with Gasteiger partial charge in [0.25, 0.3) is 0 Å². The second-order valence-corrected chi connectivity index (χ2v) is 6.28. The minimum Gasteiger partial charge on any atom is -0.340 e. The monoisotopic (exact) mass is 332 g/mol. The Labute approximate surface area is 141 Å². The summed E-state index contributed by atoms with van der Waals surface area (Å²) in [5, 5.41) is 14.2. The quantitative estimate of drug-likeness (QED) is 0.896. The number of nitrogens with zero attached hydrogens (tertiary/aromatic N) is 4. The van der Waals surface area contributed by atoms with Crippen molar-refractivity contribution in [1.29, 1.82) is 0 Å². The van der Waals surface area contributed by atoms with Gasteiger partial charge in [0, 0.05) is 24.7 Å². The molecule has 1 aliphatic rings. The largest absolute Gasteiger partial charge is 0.340 e. The number of likely N-dealkylation sites (tertiary alicyclic amines) is 1. The van der Waals surface area contributed by atoms with Crippen LogP contribution in [0.15, 0.2) is 4.52 Å². The lowest BCUT2D eigenvalue weighted by atomic mass is 10.0. The van der Waals surface area contributed by atoms with Crippen LogP contribution in [-0.4, -0.2) is 37.8 Å². The average Bonchev–Trinajstić information content (AvgIpc) is 3.26. The van der Waals surface area contributed by atoms with Crippen LogP contribution < -0.4 is 5.32 Å². The van der Waals surface area contributed by atoms with Crippen LogP contribution in [0, 0.1) is 20.8 Å². The molecule has 0 aromatic carbocycles. The highest BCUT2D eigenvalue weighted by molar-refractivity contribution is 5.75. The molecule has 8 nitrogen and oxygen atoms in total. The third-order valence-electron chi connectivity index (χ3n) is 4.59. The van der Waals surface area contributed by atoms with E-state index in [1.54, 1.807) is 6.92 Å². The van der Waals surface area contributed by atoms with Gasteiger partial charge in [0.05, 0.1) is 17.8 Å². The fraction of sp³-hybridized carbons (Fsp3) is 0.625. The van der Waals surface area contributed by atoms with Gasteiger partial charge in [-0.05, 0) is 33.1 Å². The third kappa shape index (κ3) is 3.00. The normalized spacial score (nSPS) is 18.8. The molecule has 2 amide bonds. The number of aromatic nitrogens is 4. The topological polar surface area (TPSA) is 99.9 Å². The van der Waals surface area contributed by atoms with Gasteiger partial charge in [-0.25, -0.2) is 4.79 Å². The summed E-state index contributed by atoms with van der Waals surface area (Å²) in [5.41, 5.74) is 3.11. The van der Waals surface area contributed by atoms with Crippen LogP contribution in [0.5, 0.6) is 0 Å². The van der Waals surface area contributed by atoms with E-state index in [2.05, 4.69) is 25.7 Å². The van der Waals surface area contributed by atoms with Crippen molar-refractivity contribution in [2.45, 2.75) is 59.0 Å². The molecule has 0 aliphatic carbocycles. The van der Waals surface area contributed by atoms with Crippen molar-refractivity contribution in [3.63, 3.8) is 0 Å². The lowest BCUT2D eigenvalue weighted by molar-refractivity contribution is 0.187. The molecule has 0 spiro atoms. The molecule has 3 rings (SSSR count). The van der Waals surface area contributed by atoms with Crippen LogP contribution >= 0.6 is 0 Å². The number of nitrogens with one attached hydrogen (secondary N) is 2. The Hall–Kier alpha value is -2.38. The van der Waals surface area contributed by atoms with E-state index in [1.807, 2.05) is 25.7 Å². The molecule has 8 heteroatoms. The maximum absolute atomic E-state index is 12.8. The van der Waals surface area contributed by atoms with Gasteiger partial charge < -0.3 is 14.7 Å². The van der Waals surface area contributed by atoms with E-state index < -0.39 is 0 Å². The summed E-state index contributed by atoms with van der Waals surface area (Å²) < 4.78 is 5.03. The van der Waals surface area contributed by atoms with Gasteiger partial charge >= 0.3 is 6.03 Å². The van der Waals surface area contributed by atoms with Crippen molar-refractivity contribution >= 4 is 6.03 Å². The fourth-order valence-corrected chi connectivity index (χ4v) is 3.40. The second kappa shape index (κ2) is 6.62. The van der Waals surface area contributed by atoms with Crippen molar-refractivity contribution in [1.82, 2.24) is 30.6 Å². The van der Waals surface area contributed by atoms with E-state index in [0.717, 1.165) is 36.3 Å². The van der Waals surface area contributed by atoms with Crippen LogP contribution in [-0.2, 0) is 0 Å². The number of hydrogen-bond acceptors (Lipinski definition) is 5. The molecule has 2 aromatic rings. The molecular formula is C16H24N6O2. The Kier molecular flexibility index (Phi) is 4.55. The Bertz CT molecular complexity index is 702. The first-order chi connectivity index (χ1) is 11.5. The Morgan fingerprint density at radius 1 is 1.46 bits per heavy atom. The molecule has 24 heavy (non-hydrogen) atoms. The fourth-order valence-electron chi connectivity index (χ4n) is 3.40. The number of rotatable bonds is 4. The van der Waals surface area contributed by atoms with Crippen LogP contribution in [0.3, 0.4) is 0 Å². The summed E-state index contributed by atoms with van der Waals surface area (Å²) in [7, 11) is 0. The zero-order valence-corrected chi connectivity index (χ0v) is 14.6.